The van der Waals surface area contributed by atoms with Crippen LogP contribution in [0, 0.1) is 5.92 Å². The second-order valence-corrected chi connectivity index (χ2v) is 9.11. The van der Waals surface area contributed by atoms with E-state index in [4.69, 9.17) is 0 Å². The lowest BCUT2D eigenvalue weighted by Crippen LogP contribution is -2.41. The Labute approximate surface area is 128 Å². The van der Waals surface area contributed by atoms with Gasteiger partial charge in [0.1, 0.15) is 0 Å². The fraction of sp³-hybridized carbons (Fsp3) is 0.688. The minimum atomic E-state index is -3.18. The molecule has 1 rings (SSSR count). The van der Waals surface area contributed by atoms with Gasteiger partial charge in [0.2, 0.25) is 0 Å². The van der Waals surface area contributed by atoms with Crippen molar-refractivity contribution in [2.45, 2.75) is 58.2 Å². The zero-order valence-electron chi connectivity index (χ0n) is 13.9. The van der Waals surface area contributed by atoms with Crippen LogP contribution >= 0.6 is 0 Å². The Morgan fingerprint density at radius 1 is 1.24 bits per heavy atom. The largest absolute Gasteiger partial charge is 0.315 e. The number of pyridine rings is 1. The summed E-state index contributed by atoms with van der Waals surface area (Å²) in [5.74, 6) is 0.308. The summed E-state index contributed by atoms with van der Waals surface area (Å²) in [7, 11) is -3.18. The summed E-state index contributed by atoms with van der Waals surface area (Å²) in [6, 6.07) is 3.57. The van der Waals surface area contributed by atoms with Crippen molar-refractivity contribution in [3.8, 4) is 0 Å². The molecule has 5 heteroatoms. The van der Waals surface area contributed by atoms with Crippen LogP contribution in [0.2, 0.25) is 0 Å². The maximum absolute atomic E-state index is 12.1. The van der Waals surface area contributed by atoms with E-state index in [1.54, 1.807) is 23.8 Å². The maximum Gasteiger partial charge on any atom is 0.250 e. The van der Waals surface area contributed by atoms with Crippen molar-refractivity contribution in [3.63, 3.8) is 0 Å². The SMILES string of the molecule is CC(C)c1ccn(CCC(C)(C(C)C)S(C)(=O)=O)c(=O)c1. The third-order valence-electron chi connectivity index (χ3n) is 4.60. The number of hydrogen-bond acceptors (Lipinski definition) is 3. The topological polar surface area (TPSA) is 56.1 Å². The molecule has 1 heterocycles. The van der Waals surface area contributed by atoms with E-state index in [2.05, 4.69) is 0 Å². The van der Waals surface area contributed by atoms with E-state index in [9.17, 15) is 13.2 Å². The standard InChI is InChI=1S/C16H27NO3S/c1-12(2)14-7-9-17(15(18)11-14)10-8-16(5,13(3)4)21(6,19)20/h7,9,11-13H,8,10H2,1-6H3. The zero-order valence-corrected chi connectivity index (χ0v) is 14.7. The Bertz CT molecular complexity index is 644. The molecule has 0 aromatic carbocycles. The van der Waals surface area contributed by atoms with E-state index in [1.165, 1.54) is 6.26 Å². The van der Waals surface area contributed by atoms with Gasteiger partial charge in [-0.05, 0) is 36.8 Å². The Morgan fingerprint density at radius 2 is 1.81 bits per heavy atom. The van der Waals surface area contributed by atoms with Crippen LogP contribution in [0.3, 0.4) is 0 Å². The van der Waals surface area contributed by atoms with Gasteiger partial charge in [-0.1, -0.05) is 27.7 Å². The van der Waals surface area contributed by atoms with Gasteiger partial charge in [-0.2, -0.15) is 0 Å². The van der Waals surface area contributed by atoms with Gasteiger partial charge in [0.05, 0.1) is 4.75 Å². The smallest absolute Gasteiger partial charge is 0.250 e. The molecule has 1 unspecified atom stereocenters. The van der Waals surface area contributed by atoms with E-state index >= 15 is 0 Å². The summed E-state index contributed by atoms with van der Waals surface area (Å²) < 4.78 is 24.9. The molecule has 120 valence electrons. The molecule has 0 fully saturated rings. The molecular formula is C16H27NO3S. The molecule has 0 aliphatic carbocycles. The van der Waals surface area contributed by atoms with E-state index < -0.39 is 14.6 Å². The number of hydrogen-bond donors (Lipinski definition) is 0. The molecule has 0 aliphatic rings. The van der Waals surface area contributed by atoms with Crippen LogP contribution in [0.4, 0.5) is 0 Å². The van der Waals surface area contributed by atoms with Crippen LogP contribution in [0.1, 0.15) is 52.5 Å². The predicted molar refractivity (Wildman–Crippen MR) is 87.5 cm³/mol. The van der Waals surface area contributed by atoms with E-state index in [1.807, 2.05) is 33.8 Å². The monoisotopic (exact) mass is 313 g/mol. The average molecular weight is 313 g/mol. The van der Waals surface area contributed by atoms with Gasteiger partial charge < -0.3 is 4.57 Å². The molecule has 1 aromatic rings. The van der Waals surface area contributed by atoms with Crippen molar-refractivity contribution in [2.24, 2.45) is 5.92 Å². The fourth-order valence-electron chi connectivity index (χ4n) is 2.31. The van der Waals surface area contributed by atoms with Gasteiger partial charge in [0.15, 0.2) is 9.84 Å². The van der Waals surface area contributed by atoms with Crippen molar-refractivity contribution in [3.05, 3.63) is 34.2 Å². The highest BCUT2D eigenvalue weighted by Gasteiger charge is 2.38. The van der Waals surface area contributed by atoms with Crippen molar-refractivity contribution >= 4 is 9.84 Å². The highest BCUT2D eigenvalue weighted by Crippen LogP contribution is 2.30. The lowest BCUT2D eigenvalue weighted by Gasteiger charge is -2.32. The lowest BCUT2D eigenvalue weighted by atomic mass is 9.93. The Hall–Kier alpha value is -1.10. The fourth-order valence-corrected chi connectivity index (χ4v) is 3.63. The second kappa shape index (κ2) is 6.34. The molecule has 0 bridgehead atoms. The molecule has 21 heavy (non-hydrogen) atoms. The molecule has 0 amide bonds. The van der Waals surface area contributed by atoms with Crippen molar-refractivity contribution in [1.29, 1.82) is 0 Å². The van der Waals surface area contributed by atoms with Gasteiger partial charge in [0, 0.05) is 25.1 Å². The minimum Gasteiger partial charge on any atom is -0.315 e. The van der Waals surface area contributed by atoms with E-state index in [0.717, 1.165) is 5.56 Å². The molecule has 0 saturated carbocycles. The van der Waals surface area contributed by atoms with Crippen LogP contribution in [0.5, 0.6) is 0 Å². The van der Waals surface area contributed by atoms with Crippen LogP contribution in [0.15, 0.2) is 23.1 Å². The Morgan fingerprint density at radius 3 is 2.19 bits per heavy atom. The number of sulfone groups is 1. The molecule has 1 atom stereocenters. The maximum atomic E-state index is 12.1. The van der Waals surface area contributed by atoms with Gasteiger partial charge in [0.25, 0.3) is 5.56 Å². The number of aryl methyl sites for hydroxylation is 1. The quantitative estimate of drug-likeness (QED) is 0.811. The second-order valence-electron chi connectivity index (χ2n) is 6.64. The van der Waals surface area contributed by atoms with Crippen LogP contribution in [0.25, 0.3) is 0 Å². The van der Waals surface area contributed by atoms with Crippen molar-refractivity contribution in [2.75, 3.05) is 6.26 Å². The number of nitrogens with zero attached hydrogens (tertiary/aromatic N) is 1. The average Bonchev–Trinajstić information content (AvgIpc) is 2.34. The lowest BCUT2D eigenvalue weighted by molar-refractivity contribution is 0.382. The highest BCUT2D eigenvalue weighted by atomic mass is 32.2. The molecule has 0 radical (unpaired) electrons. The third-order valence-corrected chi connectivity index (χ3v) is 6.97. The summed E-state index contributed by atoms with van der Waals surface area (Å²) in [6.07, 6.45) is 3.47. The summed E-state index contributed by atoms with van der Waals surface area (Å²) >= 11 is 0. The number of aromatic nitrogens is 1. The van der Waals surface area contributed by atoms with Gasteiger partial charge in [-0.15, -0.1) is 0 Å². The molecule has 0 aliphatic heterocycles. The highest BCUT2D eigenvalue weighted by molar-refractivity contribution is 7.92. The third kappa shape index (κ3) is 3.96. The van der Waals surface area contributed by atoms with Crippen LogP contribution < -0.4 is 5.56 Å². The molecule has 4 nitrogen and oxygen atoms in total. The van der Waals surface area contributed by atoms with Gasteiger partial charge in [-0.25, -0.2) is 8.42 Å². The normalized spacial score (nSPS) is 15.4. The summed E-state index contributed by atoms with van der Waals surface area (Å²) in [6.45, 7) is 10.1. The molecule has 1 aromatic heterocycles. The van der Waals surface area contributed by atoms with Crippen molar-refractivity contribution < 1.29 is 8.42 Å². The van der Waals surface area contributed by atoms with Gasteiger partial charge in [-0.3, -0.25) is 4.79 Å². The number of rotatable bonds is 6. The minimum absolute atomic E-state index is 0.00172. The summed E-state index contributed by atoms with van der Waals surface area (Å²) in [5.41, 5.74) is 0.937. The van der Waals surface area contributed by atoms with Crippen LogP contribution in [-0.2, 0) is 16.4 Å². The zero-order chi connectivity index (χ0) is 16.4. The van der Waals surface area contributed by atoms with Crippen molar-refractivity contribution in [1.82, 2.24) is 4.57 Å². The summed E-state index contributed by atoms with van der Waals surface area (Å²) in [4.78, 5) is 12.1. The molecule has 0 spiro atoms. The molecule has 0 N–H and O–H groups in total. The van der Waals surface area contributed by atoms with Crippen LogP contribution in [-0.4, -0.2) is 24.0 Å². The first kappa shape index (κ1) is 18.0. The van der Waals surface area contributed by atoms with E-state index in [0.29, 0.717) is 18.9 Å². The first-order valence-electron chi connectivity index (χ1n) is 7.39. The first-order valence-corrected chi connectivity index (χ1v) is 9.28. The summed E-state index contributed by atoms with van der Waals surface area (Å²) in [5, 5.41) is 0. The first-order chi connectivity index (χ1) is 9.49. The van der Waals surface area contributed by atoms with E-state index in [-0.39, 0.29) is 11.5 Å². The predicted octanol–water partition coefficient (Wildman–Crippen LogP) is 2.82. The Balaban J connectivity index is 3.00. The molecule has 0 saturated heterocycles. The Kier molecular flexibility index (Phi) is 5.42. The molecular weight excluding hydrogens is 286 g/mol. The van der Waals surface area contributed by atoms with Gasteiger partial charge >= 0.3 is 0 Å².